The molecule has 0 rings (SSSR count). The lowest BCUT2D eigenvalue weighted by atomic mass is 11.2. The number of amides is 1. The van der Waals surface area contributed by atoms with Crippen LogP contribution in [0, 0.1) is 11.5 Å². The van der Waals surface area contributed by atoms with E-state index in [0.717, 1.165) is 6.26 Å². The summed E-state index contributed by atoms with van der Waals surface area (Å²) in [6.45, 7) is 0. The molecule has 0 N–H and O–H groups in total. The molecule has 0 radical (unpaired) electrons. The van der Waals surface area contributed by atoms with E-state index in [1.807, 2.05) is 0 Å². The van der Waals surface area contributed by atoms with Gasteiger partial charge in [0.25, 0.3) is 6.26 Å². The first-order valence-corrected chi connectivity index (χ1v) is 1.46. The van der Waals surface area contributed by atoms with Crippen LogP contribution in [0.4, 0.5) is 4.79 Å². The van der Waals surface area contributed by atoms with Gasteiger partial charge in [-0.15, -0.1) is 5.26 Å². The highest BCUT2D eigenvalue weighted by Crippen LogP contribution is 1.79. The summed E-state index contributed by atoms with van der Waals surface area (Å²) in [6.07, 6.45) is -0.203. The molecular weight excluding hydrogens is 112 g/mol. The Hall–Kier alpha value is -1.73. The number of hydrogen-bond donors (Lipinski definition) is 0. The summed E-state index contributed by atoms with van der Waals surface area (Å²) < 4.78 is 3.53. The van der Waals surface area contributed by atoms with Crippen LogP contribution in [0.1, 0.15) is 0 Å². The lowest BCUT2D eigenvalue weighted by Crippen LogP contribution is -1.87. The number of carbonyl (C=O) groups excluding carboxylic acids is 1. The number of nitriles is 1. The first kappa shape index (κ1) is 6.27. The molecule has 0 spiro atoms. The number of rotatable bonds is 0. The largest absolute Gasteiger partial charge is 0.412 e. The van der Waals surface area contributed by atoms with Gasteiger partial charge in [-0.2, -0.15) is 0 Å². The van der Waals surface area contributed by atoms with Gasteiger partial charge in [0.15, 0.2) is 0 Å². The van der Waals surface area contributed by atoms with Crippen molar-refractivity contribution >= 4 is 6.09 Å². The molecule has 0 aromatic heterocycles. The first-order chi connectivity index (χ1) is 3.81. The number of azide groups is 1. The fourth-order valence-electron chi connectivity index (χ4n) is 0.0960. The maximum absolute atomic E-state index is 9.78. The molecule has 0 saturated carbocycles. The molecule has 1 amide bonds. The molecule has 0 aliphatic carbocycles. The Morgan fingerprint density at radius 2 is 2.62 bits per heavy atom. The van der Waals surface area contributed by atoms with Gasteiger partial charge in [0.2, 0.25) is 0 Å². The molecule has 0 aromatic rings. The molecule has 0 bridgehead atoms. The van der Waals surface area contributed by atoms with E-state index in [4.69, 9.17) is 10.8 Å². The Morgan fingerprint density at radius 3 is 3.00 bits per heavy atom. The fraction of sp³-hybridized carbons (Fsp3) is 0. The molecule has 0 aliphatic heterocycles. The van der Waals surface area contributed by atoms with E-state index in [0.29, 0.717) is 0 Å². The van der Waals surface area contributed by atoms with E-state index in [1.54, 1.807) is 0 Å². The molecule has 0 aromatic carbocycles. The monoisotopic (exact) mass is 112 g/mol. The van der Waals surface area contributed by atoms with Gasteiger partial charge in [0.05, 0.1) is 0 Å². The van der Waals surface area contributed by atoms with Gasteiger partial charge in [-0.1, -0.05) is 0 Å². The Morgan fingerprint density at radius 1 is 2.00 bits per heavy atom. The number of ether oxygens (including phenoxy) is 1. The molecule has 0 saturated heterocycles. The highest BCUT2D eigenvalue weighted by Gasteiger charge is 1.91. The minimum atomic E-state index is -1.24. The van der Waals surface area contributed by atoms with Crippen molar-refractivity contribution in [1.82, 2.24) is 0 Å². The normalized spacial score (nSPS) is 5.88. The Bertz CT molecular complexity index is 173. The molecule has 0 atom stereocenters. The van der Waals surface area contributed by atoms with E-state index in [9.17, 15) is 4.79 Å². The molecule has 6 heteroatoms. The summed E-state index contributed by atoms with van der Waals surface area (Å²) in [5.74, 6) is 0. The number of hydrogen-bond acceptors (Lipinski definition) is 3. The second kappa shape index (κ2) is 3.46. The van der Waals surface area contributed by atoms with Gasteiger partial charge in [-0.3, -0.25) is 0 Å². The van der Waals surface area contributed by atoms with E-state index in [1.165, 1.54) is 0 Å². The van der Waals surface area contributed by atoms with Crippen LogP contribution in [0.3, 0.4) is 0 Å². The summed E-state index contributed by atoms with van der Waals surface area (Å²) in [7, 11) is 0. The zero-order valence-electron chi connectivity index (χ0n) is 3.61. The topological polar surface area (TPSA) is 98.8 Å². The third-order valence-electron chi connectivity index (χ3n) is 0.259. The maximum Gasteiger partial charge on any atom is 0.412 e. The first-order valence-electron chi connectivity index (χ1n) is 1.46. The molecular formula is C2N4O2. The van der Waals surface area contributed by atoms with Crippen LogP contribution >= 0.6 is 0 Å². The minimum absolute atomic E-state index is 1.04. The highest BCUT2D eigenvalue weighted by atomic mass is 16.5. The molecule has 0 fully saturated rings. The maximum atomic E-state index is 9.78. The van der Waals surface area contributed by atoms with Gasteiger partial charge in [0, 0.05) is 10.0 Å². The second-order valence-electron chi connectivity index (χ2n) is 0.649. The van der Waals surface area contributed by atoms with Crippen LogP contribution in [-0.2, 0) is 4.74 Å². The van der Waals surface area contributed by atoms with E-state index < -0.39 is 6.09 Å². The fourth-order valence-corrected chi connectivity index (χ4v) is 0.0960. The number of nitrogens with zero attached hydrogens (tertiary/aromatic N) is 4. The quantitative estimate of drug-likeness (QED) is 0.201. The lowest BCUT2D eigenvalue weighted by Gasteiger charge is -1.76. The van der Waals surface area contributed by atoms with Crippen molar-refractivity contribution in [3.8, 4) is 6.26 Å². The highest BCUT2D eigenvalue weighted by molar-refractivity contribution is 5.68. The number of carbonyl (C=O) groups is 1. The van der Waals surface area contributed by atoms with Crippen LogP contribution in [0.5, 0.6) is 0 Å². The van der Waals surface area contributed by atoms with Crippen LogP contribution in [0.15, 0.2) is 5.11 Å². The van der Waals surface area contributed by atoms with Gasteiger partial charge >= 0.3 is 6.09 Å². The smallest absolute Gasteiger partial charge is 0.346 e. The molecule has 40 valence electrons. The van der Waals surface area contributed by atoms with E-state index in [2.05, 4.69) is 14.8 Å². The third-order valence-corrected chi connectivity index (χ3v) is 0.259. The van der Waals surface area contributed by atoms with Gasteiger partial charge in [-0.05, 0) is 5.53 Å². The summed E-state index contributed by atoms with van der Waals surface area (Å²) >= 11 is 0. The Labute approximate surface area is 43.9 Å². The van der Waals surface area contributed by atoms with Crippen molar-refractivity contribution in [2.75, 3.05) is 0 Å². The van der Waals surface area contributed by atoms with Crippen LogP contribution < -0.4 is 0 Å². The van der Waals surface area contributed by atoms with Crippen LogP contribution in [-0.4, -0.2) is 6.09 Å². The van der Waals surface area contributed by atoms with Gasteiger partial charge in [0.1, 0.15) is 0 Å². The molecule has 0 heterocycles. The summed E-state index contributed by atoms with van der Waals surface area (Å²) in [4.78, 5) is 11.8. The standard InChI is InChI=1S/C2N4O2/c3-1-8-2(7)5-6-4. The predicted molar refractivity (Wildman–Crippen MR) is 21.2 cm³/mol. The van der Waals surface area contributed by atoms with E-state index >= 15 is 0 Å². The van der Waals surface area contributed by atoms with E-state index in [-0.39, 0.29) is 0 Å². The molecule has 0 unspecified atom stereocenters. The van der Waals surface area contributed by atoms with Crippen LogP contribution in [0.2, 0.25) is 0 Å². The van der Waals surface area contributed by atoms with Crippen molar-refractivity contribution in [3.05, 3.63) is 10.4 Å². The molecule has 6 nitrogen and oxygen atoms in total. The predicted octanol–water partition coefficient (Wildman–Crippen LogP) is 0.914. The lowest BCUT2D eigenvalue weighted by molar-refractivity contribution is 0.201. The summed E-state index contributed by atoms with van der Waals surface area (Å²) in [6, 6.07) is 0. The van der Waals surface area contributed by atoms with Crippen molar-refractivity contribution in [1.29, 1.82) is 5.26 Å². The van der Waals surface area contributed by atoms with Gasteiger partial charge in [-0.25, -0.2) is 4.79 Å². The Kier molecular flexibility index (Phi) is 2.71. The molecule has 8 heavy (non-hydrogen) atoms. The zero-order valence-corrected chi connectivity index (χ0v) is 3.61. The Balaban J connectivity index is 3.70. The van der Waals surface area contributed by atoms with Crippen molar-refractivity contribution in [2.45, 2.75) is 0 Å². The molecule has 0 aliphatic rings. The van der Waals surface area contributed by atoms with Crippen molar-refractivity contribution in [2.24, 2.45) is 5.11 Å². The van der Waals surface area contributed by atoms with Gasteiger partial charge < -0.3 is 4.74 Å². The SMILES string of the molecule is N#COC(=O)N=[N+]=[N-]. The van der Waals surface area contributed by atoms with Crippen molar-refractivity contribution in [3.63, 3.8) is 0 Å². The average Bonchev–Trinajstić information content (AvgIpc) is 1.68. The van der Waals surface area contributed by atoms with Crippen LogP contribution in [0.25, 0.3) is 10.4 Å². The third kappa shape index (κ3) is 2.50. The summed E-state index contributed by atoms with van der Waals surface area (Å²) in [5, 5.41) is 10.00. The second-order valence-corrected chi connectivity index (χ2v) is 0.649. The van der Waals surface area contributed by atoms with Crippen molar-refractivity contribution < 1.29 is 9.53 Å². The summed E-state index contributed by atoms with van der Waals surface area (Å²) in [5.41, 5.74) is 7.51. The average molecular weight is 112 g/mol. The minimum Gasteiger partial charge on any atom is -0.346 e. The zero-order chi connectivity index (χ0) is 6.41.